The number of esters is 1. The van der Waals surface area contributed by atoms with Gasteiger partial charge in [-0.25, -0.2) is 4.79 Å². The van der Waals surface area contributed by atoms with Crippen LogP contribution in [0.15, 0.2) is 18.2 Å². The average molecular weight is 264 g/mol. The van der Waals surface area contributed by atoms with E-state index in [1.54, 1.807) is 18.2 Å². The van der Waals surface area contributed by atoms with E-state index in [1.165, 1.54) is 0 Å². The molecule has 4 nitrogen and oxygen atoms in total. The second kappa shape index (κ2) is 5.51. The highest BCUT2D eigenvalue weighted by atomic mass is 17.2. The van der Waals surface area contributed by atoms with Gasteiger partial charge in [0.25, 0.3) is 0 Å². The van der Waals surface area contributed by atoms with E-state index in [4.69, 9.17) is 14.5 Å². The molecule has 19 heavy (non-hydrogen) atoms. The molecule has 0 fully saturated rings. The maximum atomic E-state index is 12.1. The first-order valence-corrected chi connectivity index (χ1v) is 6.74. The number of unbranched alkanes of at least 4 members (excludes halogenated alkanes) is 2. The Morgan fingerprint density at radius 2 is 2.05 bits per heavy atom. The molecule has 1 aromatic carbocycles. The van der Waals surface area contributed by atoms with E-state index in [0.29, 0.717) is 17.1 Å². The van der Waals surface area contributed by atoms with Crippen LogP contribution in [0.2, 0.25) is 0 Å². The van der Waals surface area contributed by atoms with Crippen LogP contribution in [0.25, 0.3) is 0 Å². The van der Waals surface area contributed by atoms with Gasteiger partial charge in [0.1, 0.15) is 11.2 Å². The summed E-state index contributed by atoms with van der Waals surface area (Å²) in [6.45, 7) is 6.02. The third-order valence-corrected chi connectivity index (χ3v) is 3.15. The first-order valence-electron chi connectivity index (χ1n) is 6.74. The maximum Gasteiger partial charge on any atom is 0.342 e. The van der Waals surface area contributed by atoms with Crippen LogP contribution >= 0.6 is 0 Å². The van der Waals surface area contributed by atoms with Gasteiger partial charge in [-0.05, 0) is 38.8 Å². The predicted octanol–water partition coefficient (Wildman–Crippen LogP) is 3.89. The van der Waals surface area contributed by atoms with E-state index in [-0.39, 0.29) is 5.97 Å². The normalized spacial score (nSPS) is 12.8. The molecule has 0 N–H and O–H groups in total. The second-order valence-corrected chi connectivity index (χ2v) is 5.43. The van der Waals surface area contributed by atoms with E-state index in [2.05, 4.69) is 6.92 Å². The lowest BCUT2D eigenvalue weighted by molar-refractivity contribution is -0.0856. The summed E-state index contributed by atoms with van der Waals surface area (Å²) in [6, 6.07) is 5.04. The molecule has 1 aliphatic heterocycles. The maximum absolute atomic E-state index is 12.1. The zero-order valence-corrected chi connectivity index (χ0v) is 11.7. The Kier molecular flexibility index (Phi) is 3.98. The molecule has 0 spiro atoms. The van der Waals surface area contributed by atoms with Gasteiger partial charge in [0, 0.05) is 6.07 Å². The molecule has 2 bridgehead atoms. The quantitative estimate of drug-likeness (QED) is 0.444. The number of rotatable bonds is 6. The van der Waals surface area contributed by atoms with Crippen LogP contribution in [0.3, 0.4) is 0 Å². The lowest BCUT2D eigenvalue weighted by atomic mass is 10.0. The van der Waals surface area contributed by atoms with E-state index in [9.17, 15) is 4.79 Å². The van der Waals surface area contributed by atoms with Crippen molar-refractivity contribution in [1.82, 2.24) is 0 Å². The van der Waals surface area contributed by atoms with Gasteiger partial charge in [0.2, 0.25) is 0 Å². The molecule has 0 atom stereocenters. The molecular formula is C15H20O4. The van der Waals surface area contributed by atoms with Crippen LogP contribution < -0.4 is 9.78 Å². The van der Waals surface area contributed by atoms with Gasteiger partial charge < -0.3 is 4.74 Å². The molecule has 0 amide bonds. The van der Waals surface area contributed by atoms with Gasteiger partial charge in [0.05, 0.1) is 0 Å². The molecule has 0 unspecified atom stereocenters. The molecule has 0 aromatic heterocycles. The Morgan fingerprint density at radius 3 is 2.79 bits per heavy atom. The van der Waals surface area contributed by atoms with Crippen molar-refractivity contribution in [2.45, 2.75) is 52.1 Å². The molecule has 1 aliphatic rings. The number of carbonyl (C=O) groups is 1. The summed E-state index contributed by atoms with van der Waals surface area (Å²) >= 11 is 0. The summed E-state index contributed by atoms with van der Waals surface area (Å²) in [5.74, 6) is 0.661. The third-order valence-electron chi connectivity index (χ3n) is 3.15. The molecule has 0 aliphatic carbocycles. The fourth-order valence-electron chi connectivity index (χ4n) is 2.04. The third kappa shape index (κ3) is 3.40. The summed E-state index contributed by atoms with van der Waals surface area (Å²) in [4.78, 5) is 22.0. The first-order chi connectivity index (χ1) is 9.02. The Labute approximate surface area is 113 Å². The van der Waals surface area contributed by atoms with Gasteiger partial charge >= 0.3 is 5.97 Å². The molecule has 1 heterocycles. The van der Waals surface area contributed by atoms with Gasteiger partial charge in [-0.3, -0.25) is 9.78 Å². The number of hydrogen-bond donors (Lipinski definition) is 0. The van der Waals surface area contributed by atoms with Crippen LogP contribution in [0, 0.1) is 0 Å². The van der Waals surface area contributed by atoms with Crippen LogP contribution in [-0.4, -0.2) is 11.6 Å². The molecule has 1 aromatic rings. The molecule has 2 rings (SSSR count). The number of benzene rings is 1. The Bertz CT molecular complexity index is 465. The SMILES string of the molecule is CCCCCC(C)(C)OC(=O)c1ccc2cc1OO2. The zero-order valence-electron chi connectivity index (χ0n) is 11.7. The summed E-state index contributed by atoms with van der Waals surface area (Å²) in [5, 5.41) is 0. The topological polar surface area (TPSA) is 44.8 Å². The number of hydrogen-bond acceptors (Lipinski definition) is 4. The lowest BCUT2D eigenvalue weighted by Crippen LogP contribution is -2.28. The highest BCUT2D eigenvalue weighted by molar-refractivity contribution is 5.93. The first kappa shape index (κ1) is 13.7. The highest BCUT2D eigenvalue weighted by Gasteiger charge is 2.27. The molecule has 0 radical (unpaired) electrons. The number of carbonyl (C=O) groups excluding carboxylic acids is 1. The molecular weight excluding hydrogens is 244 g/mol. The minimum Gasteiger partial charge on any atom is -0.456 e. The van der Waals surface area contributed by atoms with Crippen LogP contribution in [0.1, 0.15) is 56.8 Å². The lowest BCUT2D eigenvalue weighted by Gasteiger charge is -2.25. The van der Waals surface area contributed by atoms with Gasteiger partial charge in [-0.15, -0.1) is 0 Å². The van der Waals surface area contributed by atoms with Crippen molar-refractivity contribution in [3.63, 3.8) is 0 Å². The standard InChI is InChI=1S/C15H20O4/c1-4-5-6-9-15(2,3)17-14(16)12-8-7-11-10-13(12)19-18-11/h7-8,10H,4-6,9H2,1-3H3. The molecule has 0 saturated heterocycles. The summed E-state index contributed by atoms with van der Waals surface area (Å²) < 4.78 is 5.56. The second-order valence-electron chi connectivity index (χ2n) is 5.43. The Morgan fingerprint density at radius 1 is 1.26 bits per heavy atom. The van der Waals surface area contributed by atoms with Crippen molar-refractivity contribution in [3.8, 4) is 11.5 Å². The Balaban J connectivity index is 1.97. The van der Waals surface area contributed by atoms with E-state index in [1.807, 2.05) is 13.8 Å². The van der Waals surface area contributed by atoms with Crippen molar-refractivity contribution in [2.24, 2.45) is 0 Å². The summed E-state index contributed by atoms with van der Waals surface area (Å²) in [5.41, 5.74) is -0.0540. The average Bonchev–Trinajstić information content (AvgIpc) is 2.70. The van der Waals surface area contributed by atoms with E-state index >= 15 is 0 Å². The fraction of sp³-hybridized carbons (Fsp3) is 0.533. The van der Waals surface area contributed by atoms with E-state index < -0.39 is 5.60 Å². The smallest absolute Gasteiger partial charge is 0.342 e. The van der Waals surface area contributed by atoms with Gasteiger partial charge in [0.15, 0.2) is 11.5 Å². The van der Waals surface area contributed by atoms with Crippen molar-refractivity contribution >= 4 is 5.97 Å². The Hall–Kier alpha value is -1.71. The molecule has 0 saturated carbocycles. The molecule has 104 valence electrons. The number of ether oxygens (including phenoxy) is 1. The fourth-order valence-corrected chi connectivity index (χ4v) is 2.04. The van der Waals surface area contributed by atoms with Crippen LogP contribution in [0.5, 0.6) is 11.5 Å². The van der Waals surface area contributed by atoms with Crippen molar-refractivity contribution in [2.75, 3.05) is 0 Å². The summed E-state index contributed by atoms with van der Waals surface area (Å²) in [6.07, 6.45) is 4.22. The van der Waals surface area contributed by atoms with Crippen molar-refractivity contribution in [1.29, 1.82) is 0 Å². The van der Waals surface area contributed by atoms with E-state index in [0.717, 1.165) is 25.7 Å². The minimum atomic E-state index is -0.461. The van der Waals surface area contributed by atoms with Crippen molar-refractivity contribution in [3.05, 3.63) is 23.8 Å². The van der Waals surface area contributed by atoms with Crippen LogP contribution in [-0.2, 0) is 4.74 Å². The predicted molar refractivity (Wildman–Crippen MR) is 71.3 cm³/mol. The zero-order chi connectivity index (χ0) is 13.9. The summed E-state index contributed by atoms with van der Waals surface area (Å²) in [7, 11) is 0. The monoisotopic (exact) mass is 264 g/mol. The van der Waals surface area contributed by atoms with Gasteiger partial charge in [-0.1, -0.05) is 19.8 Å². The minimum absolute atomic E-state index is 0.367. The molecule has 4 heteroatoms. The number of fused-ring (bicyclic) bond motifs is 2. The van der Waals surface area contributed by atoms with Crippen LogP contribution in [0.4, 0.5) is 0 Å². The highest BCUT2D eigenvalue weighted by Crippen LogP contribution is 2.32. The largest absolute Gasteiger partial charge is 0.456 e. The van der Waals surface area contributed by atoms with Crippen molar-refractivity contribution < 1.29 is 19.3 Å². The van der Waals surface area contributed by atoms with Gasteiger partial charge in [-0.2, -0.15) is 0 Å².